The molecule has 0 saturated carbocycles. The van der Waals surface area contributed by atoms with Crippen LogP contribution in [0.15, 0.2) is 53.6 Å². The van der Waals surface area contributed by atoms with Gasteiger partial charge >= 0.3 is 0 Å². The standard InChI is InChI=1S/C19H21N5O3S/c1-2-10-28(25,26)24-12-16(15-4-3-7-21-11-15)17(13-24)19-22-18(23-27-19)14-5-8-20-9-6-14/h3-9,11,16-17H,2,10,12-13H2,1H3/t16-,17+/m0/s1. The molecule has 0 aliphatic carbocycles. The quantitative estimate of drug-likeness (QED) is 0.627. The first-order chi connectivity index (χ1) is 13.6. The van der Waals surface area contributed by atoms with Gasteiger partial charge in [0.25, 0.3) is 0 Å². The Labute approximate surface area is 163 Å². The maximum atomic E-state index is 12.6. The van der Waals surface area contributed by atoms with E-state index in [0.29, 0.717) is 31.2 Å². The molecule has 1 aliphatic heterocycles. The summed E-state index contributed by atoms with van der Waals surface area (Å²) in [5.74, 6) is 0.725. The molecule has 4 rings (SSSR count). The molecular formula is C19H21N5O3S. The van der Waals surface area contributed by atoms with Crippen LogP contribution in [-0.4, -0.2) is 51.7 Å². The Morgan fingerprint density at radius 1 is 1.11 bits per heavy atom. The number of hydrogen-bond acceptors (Lipinski definition) is 7. The van der Waals surface area contributed by atoms with Gasteiger partial charge in [0.15, 0.2) is 0 Å². The Kier molecular flexibility index (Phi) is 5.19. The first kappa shape index (κ1) is 18.7. The summed E-state index contributed by atoms with van der Waals surface area (Å²) in [7, 11) is -3.32. The van der Waals surface area contributed by atoms with Crippen LogP contribution in [0, 0.1) is 0 Å². The summed E-state index contributed by atoms with van der Waals surface area (Å²) < 4.78 is 32.4. The van der Waals surface area contributed by atoms with Crippen molar-refractivity contribution in [1.29, 1.82) is 0 Å². The molecule has 8 nitrogen and oxygen atoms in total. The lowest BCUT2D eigenvalue weighted by Crippen LogP contribution is -2.31. The Bertz CT molecular complexity index is 1020. The van der Waals surface area contributed by atoms with E-state index < -0.39 is 10.0 Å². The Morgan fingerprint density at radius 3 is 2.61 bits per heavy atom. The van der Waals surface area contributed by atoms with Crippen molar-refractivity contribution in [2.75, 3.05) is 18.8 Å². The summed E-state index contributed by atoms with van der Waals surface area (Å²) in [6, 6.07) is 7.42. The second-order valence-electron chi connectivity index (χ2n) is 6.82. The van der Waals surface area contributed by atoms with E-state index in [9.17, 15) is 8.42 Å². The minimum Gasteiger partial charge on any atom is -0.339 e. The number of pyridine rings is 2. The van der Waals surface area contributed by atoms with Gasteiger partial charge in [-0.2, -0.15) is 4.98 Å². The van der Waals surface area contributed by atoms with Crippen molar-refractivity contribution >= 4 is 10.0 Å². The molecule has 3 aromatic rings. The predicted molar refractivity (Wildman–Crippen MR) is 103 cm³/mol. The van der Waals surface area contributed by atoms with Crippen LogP contribution in [-0.2, 0) is 10.0 Å². The lowest BCUT2D eigenvalue weighted by molar-refractivity contribution is 0.348. The molecule has 1 fully saturated rings. The lowest BCUT2D eigenvalue weighted by Gasteiger charge is -2.15. The fourth-order valence-corrected chi connectivity index (χ4v) is 5.12. The van der Waals surface area contributed by atoms with Crippen LogP contribution in [0.2, 0.25) is 0 Å². The van der Waals surface area contributed by atoms with Gasteiger partial charge in [-0.3, -0.25) is 9.97 Å². The van der Waals surface area contributed by atoms with Gasteiger partial charge < -0.3 is 4.52 Å². The molecule has 28 heavy (non-hydrogen) atoms. The highest BCUT2D eigenvalue weighted by molar-refractivity contribution is 7.89. The summed E-state index contributed by atoms with van der Waals surface area (Å²) in [5, 5.41) is 4.09. The number of nitrogens with zero attached hydrogens (tertiary/aromatic N) is 5. The molecular weight excluding hydrogens is 378 g/mol. The van der Waals surface area contributed by atoms with Crippen LogP contribution in [0.25, 0.3) is 11.4 Å². The van der Waals surface area contributed by atoms with Crippen LogP contribution in [0.3, 0.4) is 0 Å². The molecule has 1 aliphatic rings. The molecule has 1 saturated heterocycles. The fraction of sp³-hybridized carbons (Fsp3) is 0.368. The fourth-order valence-electron chi connectivity index (χ4n) is 3.57. The van der Waals surface area contributed by atoms with E-state index in [0.717, 1.165) is 11.1 Å². The molecule has 0 bridgehead atoms. The van der Waals surface area contributed by atoms with Crippen LogP contribution >= 0.6 is 0 Å². The summed E-state index contributed by atoms with van der Waals surface area (Å²) in [5.41, 5.74) is 1.77. The maximum Gasteiger partial charge on any atom is 0.232 e. The summed E-state index contributed by atoms with van der Waals surface area (Å²) in [6.45, 7) is 2.56. The molecule has 0 spiro atoms. The van der Waals surface area contributed by atoms with E-state index in [4.69, 9.17) is 4.52 Å². The summed E-state index contributed by atoms with van der Waals surface area (Å²) in [6.07, 6.45) is 7.38. The minimum absolute atomic E-state index is 0.0916. The van der Waals surface area contributed by atoms with Crippen molar-refractivity contribution in [3.05, 3.63) is 60.5 Å². The van der Waals surface area contributed by atoms with Gasteiger partial charge in [0, 0.05) is 49.4 Å². The maximum absolute atomic E-state index is 12.6. The smallest absolute Gasteiger partial charge is 0.232 e. The van der Waals surface area contributed by atoms with Gasteiger partial charge in [-0.15, -0.1) is 0 Å². The van der Waals surface area contributed by atoms with Gasteiger partial charge in [-0.25, -0.2) is 12.7 Å². The SMILES string of the molecule is CCCS(=O)(=O)N1C[C@@H](c2cccnc2)[C@H](c2nc(-c3ccncc3)no2)C1. The van der Waals surface area contributed by atoms with Crippen LogP contribution < -0.4 is 0 Å². The monoisotopic (exact) mass is 399 g/mol. The van der Waals surface area contributed by atoms with Crippen molar-refractivity contribution in [1.82, 2.24) is 24.4 Å². The number of hydrogen-bond donors (Lipinski definition) is 0. The third-order valence-electron chi connectivity index (χ3n) is 4.95. The van der Waals surface area contributed by atoms with Crippen LogP contribution in [0.1, 0.15) is 36.6 Å². The van der Waals surface area contributed by atoms with Gasteiger partial charge in [0.1, 0.15) is 0 Å². The van der Waals surface area contributed by atoms with Crippen molar-refractivity contribution in [3.63, 3.8) is 0 Å². The second kappa shape index (κ2) is 7.76. The zero-order valence-corrected chi connectivity index (χ0v) is 16.3. The first-order valence-electron chi connectivity index (χ1n) is 9.20. The van der Waals surface area contributed by atoms with Crippen molar-refractivity contribution < 1.29 is 12.9 Å². The van der Waals surface area contributed by atoms with Gasteiger partial charge in [-0.05, 0) is 30.2 Å². The van der Waals surface area contributed by atoms with E-state index in [2.05, 4.69) is 20.1 Å². The van der Waals surface area contributed by atoms with Crippen LogP contribution in [0.4, 0.5) is 0 Å². The molecule has 0 unspecified atom stereocenters. The van der Waals surface area contributed by atoms with Gasteiger partial charge in [-0.1, -0.05) is 18.1 Å². The highest BCUT2D eigenvalue weighted by Gasteiger charge is 2.42. The molecule has 0 radical (unpaired) electrons. The van der Waals surface area contributed by atoms with E-state index in [-0.39, 0.29) is 17.6 Å². The number of aromatic nitrogens is 4. The highest BCUT2D eigenvalue weighted by Crippen LogP contribution is 2.40. The van der Waals surface area contributed by atoms with Crippen molar-refractivity contribution in [2.45, 2.75) is 25.2 Å². The summed E-state index contributed by atoms with van der Waals surface area (Å²) >= 11 is 0. The molecule has 0 amide bonds. The topological polar surface area (TPSA) is 102 Å². The third kappa shape index (κ3) is 3.67. The zero-order valence-electron chi connectivity index (χ0n) is 15.5. The lowest BCUT2D eigenvalue weighted by atomic mass is 9.90. The van der Waals surface area contributed by atoms with Crippen molar-refractivity contribution in [3.8, 4) is 11.4 Å². The highest BCUT2D eigenvalue weighted by atomic mass is 32.2. The first-order valence-corrected chi connectivity index (χ1v) is 10.8. The Morgan fingerprint density at radius 2 is 1.89 bits per heavy atom. The van der Waals surface area contributed by atoms with E-state index in [1.165, 1.54) is 4.31 Å². The van der Waals surface area contributed by atoms with E-state index in [1.807, 2.05) is 19.1 Å². The van der Waals surface area contributed by atoms with Crippen molar-refractivity contribution in [2.24, 2.45) is 0 Å². The average molecular weight is 399 g/mol. The largest absolute Gasteiger partial charge is 0.339 e. The van der Waals surface area contributed by atoms with Gasteiger partial charge in [0.2, 0.25) is 21.7 Å². The summed E-state index contributed by atoms with van der Waals surface area (Å²) in [4.78, 5) is 12.7. The van der Waals surface area contributed by atoms with Gasteiger partial charge in [0.05, 0.1) is 11.7 Å². The normalized spacial score (nSPS) is 20.5. The Balaban J connectivity index is 1.68. The van der Waals surface area contributed by atoms with Crippen LogP contribution in [0.5, 0.6) is 0 Å². The zero-order chi connectivity index (χ0) is 19.6. The minimum atomic E-state index is -3.32. The number of sulfonamides is 1. The second-order valence-corrected chi connectivity index (χ2v) is 8.91. The Hall–Kier alpha value is -2.65. The van der Waals surface area contributed by atoms with E-state index in [1.54, 1.807) is 36.9 Å². The molecule has 4 heterocycles. The third-order valence-corrected chi connectivity index (χ3v) is 6.96. The predicted octanol–water partition coefficient (Wildman–Crippen LogP) is 2.45. The molecule has 2 atom stereocenters. The molecule has 0 aromatic carbocycles. The average Bonchev–Trinajstić information content (AvgIpc) is 3.37. The number of rotatable bonds is 6. The molecule has 146 valence electrons. The molecule has 9 heteroatoms. The molecule has 0 N–H and O–H groups in total. The van der Waals surface area contributed by atoms with E-state index >= 15 is 0 Å². The molecule has 3 aromatic heterocycles.